The fourth-order valence-electron chi connectivity index (χ4n) is 4.40. The molecule has 1 aliphatic carbocycles. The second-order valence-corrected chi connectivity index (χ2v) is 7.95. The lowest BCUT2D eigenvalue weighted by Gasteiger charge is -2.41. The van der Waals surface area contributed by atoms with Crippen molar-refractivity contribution in [1.82, 2.24) is 20.5 Å². The number of hydrogen-bond acceptors (Lipinski definition) is 4. The van der Waals surface area contributed by atoms with E-state index in [2.05, 4.69) is 27.8 Å². The van der Waals surface area contributed by atoms with Gasteiger partial charge in [0.15, 0.2) is 0 Å². The van der Waals surface area contributed by atoms with Crippen LogP contribution < -0.4 is 10.6 Å². The van der Waals surface area contributed by atoms with Gasteiger partial charge in [0, 0.05) is 30.5 Å². The summed E-state index contributed by atoms with van der Waals surface area (Å²) in [6, 6.07) is 13.8. The Morgan fingerprint density at radius 2 is 1.83 bits per heavy atom. The second-order valence-electron chi connectivity index (χ2n) is 7.95. The van der Waals surface area contributed by atoms with E-state index in [1.165, 1.54) is 5.56 Å². The van der Waals surface area contributed by atoms with Crippen molar-refractivity contribution < 1.29 is 9.59 Å². The molecule has 2 aliphatic rings. The number of fused-ring (bicyclic) bond motifs is 1. The molecule has 6 heteroatoms. The Bertz CT molecular complexity index is 827. The van der Waals surface area contributed by atoms with Crippen LogP contribution in [0.3, 0.4) is 0 Å². The summed E-state index contributed by atoms with van der Waals surface area (Å²) in [5.41, 5.74) is 1.80. The summed E-state index contributed by atoms with van der Waals surface area (Å²) >= 11 is 0. The van der Waals surface area contributed by atoms with Crippen LogP contribution in [0.15, 0.2) is 54.9 Å². The van der Waals surface area contributed by atoms with Crippen LogP contribution in [0.4, 0.5) is 0 Å². The topological polar surface area (TPSA) is 74.3 Å². The maximum absolute atomic E-state index is 13.2. The Labute approximate surface area is 171 Å². The van der Waals surface area contributed by atoms with Crippen molar-refractivity contribution in [3.05, 3.63) is 66.0 Å². The van der Waals surface area contributed by atoms with Gasteiger partial charge in [-0.05, 0) is 37.0 Å². The van der Waals surface area contributed by atoms with Crippen LogP contribution in [0.2, 0.25) is 0 Å². The Hall–Kier alpha value is -2.73. The van der Waals surface area contributed by atoms with Crippen molar-refractivity contribution in [1.29, 1.82) is 0 Å². The molecule has 4 rings (SSSR count). The van der Waals surface area contributed by atoms with Crippen molar-refractivity contribution in [3.63, 3.8) is 0 Å². The zero-order chi connectivity index (χ0) is 20.1. The lowest BCUT2D eigenvalue weighted by Crippen LogP contribution is -2.65. The first-order valence-corrected chi connectivity index (χ1v) is 10.5. The van der Waals surface area contributed by atoms with E-state index in [-0.39, 0.29) is 29.9 Å². The van der Waals surface area contributed by atoms with E-state index in [9.17, 15) is 9.59 Å². The van der Waals surface area contributed by atoms with E-state index in [4.69, 9.17) is 0 Å². The summed E-state index contributed by atoms with van der Waals surface area (Å²) in [6.45, 7) is 1.04. The molecule has 0 bridgehead atoms. The van der Waals surface area contributed by atoms with Gasteiger partial charge in [-0.15, -0.1) is 0 Å². The fraction of sp³-hybridized carbons (Fsp3) is 0.435. The van der Waals surface area contributed by atoms with Crippen molar-refractivity contribution in [2.75, 3.05) is 13.1 Å². The Kier molecular flexibility index (Phi) is 6.20. The van der Waals surface area contributed by atoms with Gasteiger partial charge in [0.25, 0.3) is 5.91 Å². The van der Waals surface area contributed by atoms with E-state index < -0.39 is 0 Å². The lowest BCUT2D eigenvalue weighted by molar-refractivity contribution is -0.131. The first-order valence-electron chi connectivity index (χ1n) is 10.5. The van der Waals surface area contributed by atoms with Crippen LogP contribution in [0.1, 0.15) is 41.6 Å². The Balaban J connectivity index is 1.47. The van der Waals surface area contributed by atoms with E-state index in [0.29, 0.717) is 18.7 Å². The number of rotatable bonds is 6. The van der Waals surface area contributed by atoms with Gasteiger partial charge >= 0.3 is 0 Å². The zero-order valence-corrected chi connectivity index (χ0v) is 16.6. The average Bonchev–Trinajstić information content (AvgIpc) is 2.77. The SMILES string of the molecule is O=C1NC(CN(CCc2ccccc2)C(=O)c2ccncc2)NC2CCCCC12. The normalized spacial score (nSPS) is 23.7. The van der Waals surface area contributed by atoms with Gasteiger partial charge < -0.3 is 10.2 Å². The molecular formula is C23H28N4O2. The summed E-state index contributed by atoms with van der Waals surface area (Å²) in [6.07, 6.45) is 8.06. The minimum Gasteiger partial charge on any atom is -0.339 e. The number of benzene rings is 1. The average molecular weight is 393 g/mol. The molecule has 0 radical (unpaired) electrons. The number of pyridine rings is 1. The predicted octanol–water partition coefficient (Wildman–Crippen LogP) is 2.37. The number of carbonyl (C=O) groups excluding carboxylic acids is 2. The highest BCUT2D eigenvalue weighted by Crippen LogP contribution is 2.27. The molecule has 6 nitrogen and oxygen atoms in total. The van der Waals surface area contributed by atoms with Gasteiger partial charge in [0.05, 0.1) is 18.6 Å². The van der Waals surface area contributed by atoms with Gasteiger partial charge in [-0.25, -0.2) is 0 Å². The van der Waals surface area contributed by atoms with Gasteiger partial charge in [-0.3, -0.25) is 19.9 Å². The maximum Gasteiger partial charge on any atom is 0.254 e. The van der Waals surface area contributed by atoms with Crippen LogP contribution in [-0.2, 0) is 11.2 Å². The van der Waals surface area contributed by atoms with E-state index in [1.807, 2.05) is 23.1 Å². The second kappa shape index (κ2) is 9.18. The number of nitrogens with one attached hydrogen (secondary N) is 2. The summed E-state index contributed by atoms with van der Waals surface area (Å²) in [4.78, 5) is 31.6. The van der Waals surface area contributed by atoms with Crippen LogP contribution in [-0.4, -0.2) is 47.0 Å². The van der Waals surface area contributed by atoms with Crippen LogP contribution >= 0.6 is 0 Å². The molecule has 1 saturated carbocycles. The minimum absolute atomic E-state index is 0.0369. The number of aromatic nitrogens is 1. The van der Waals surface area contributed by atoms with Crippen molar-refractivity contribution in [3.8, 4) is 0 Å². The molecule has 152 valence electrons. The number of amides is 2. The highest BCUT2D eigenvalue weighted by molar-refractivity contribution is 5.94. The lowest BCUT2D eigenvalue weighted by atomic mass is 9.82. The maximum atomic E-state index is 13.2. The summed E-state index contributed by atoms with van der Waals surface area (Å²) in [5, 5.41) is 6.68. The molecule has 2 N–H and O–H groups in total. The van der Waals surface area contributed by atoms with E-state index in [0.717, 1.165) is 32.1 Å². The van der Waals surface area contributed by atoms with Crippen LogP contribution in [0.25, 0.3) is 0 Å². The molecule has 0 spiro atoms. The first kappa shape index (κ1) is 19.6. The van der Waals surface area contributed by atoms with E-state index >= 15 is 0 Å². The Morgan fingerprint density at radius 1 is 1.07 bits per heavy atom. The molecule has 1 aliphatic heterocycles. The summed E-state index contributed by atoms with van der Waals surface area (Å²) < 4.78 is 0. The van der Waals surface area contributed by atoms with Crippen molar-refractivity contribution >= 4 is 11.8 Å². The molecule has 3 atom stereocenters. The minimum atomic E-state index is -0.219. The fourth-order valence-corrected chi connectivity index (χ4v) is 4.40. The molecule has 1 aromatic heterocycles. The molecule has 2 aromatic rings. The molecule has 1 saturated heterocycles. The molecular weight excluding hydrogens is 364 g/mol. The van der Waals surface area contributed by atoms with Crippen LogP contribution in [0, 0.1) is 5.92 Å². The quantitative estimate of drug-likeness (QED) is 0.792. The first-order chi connectivity index (χ1) is 14.2. The van der Waals surface area contributed by atoms with Crippen LogP contribution in [0.5, 0.6) is 0 Å². The predicted molar refractivity (Wildman–Crippen MR) is 111 cm³/mol. The Morgan fingerprint density at radius 3 is 2.62 bits per heavy atom. The third-order valence-electron chi connectivity index (χ3n) is 5.97. The number of hydrogen-bond donors (Lipinski definition) is 2. The third kappa shape index (κ3) is 4.82. The molecule has 2 heterocycles. The summed E-state index contributed by atoms with van der Waals surface area (Å²) in [7, 11) is 0. The molecule has 3 unspecified atom stereocenters. The van der Waals surface area contributed by atoms with Crippen molar-refractivity contribution in [2.24, 2.45) is 5.92 Å². The van der Waals surface area contributed by atoms with Crippen molar-refractivity contribution in [2.45, 2.75) is 44.3 Å². The standard InChI is InChI=1S/C23H28N4O2/c28-22-19-8-4-5-9-20(19)25-21(26-22)16-27(15-12-17-6-2-1-3-7-17)23(29)18-10-13-24-14-11-18/h1-3,6-7,10-11,13-14,19-21,25H,4-5,8-9,12,15-16H2,(H,26,28). The number of nitrogens with zero attached hydrogens (tertiary/aromatic N) is 2. The van der Waals surface area contributed by atoms with Gasteiger partial charge in [-0.2, -0.15) is 0 Å². The molecule has 1 aromatic carbocycles. The van der Waals surface area contributed by atoms with Gasteiger partial charge in [-0.1, -0.05) is 43.2 Å². The number of carbonyl (C=O) groups is 2. The largest absolute Gasteiger partial charge is 0.339 e. The summed E-state index contributed by atoms with van der Waals surface area (Å²) in [5.74, 6) is 0.150. The smallest absolute Gasteiger partial charge is 0.254 e. The molecule has 2 fully saturated rings. The van der Waals surface area contributed by atoms with Gasteiger partial charge in [0.2, 0.25) is 5.91 Å². The monoisotopic (exact) mass is 392 g/mol. The highest BCUT2D eigenvalue weighted by Gasteiger charge is 2.38. The van der Waals surface area contributed by atoms with Gasteiger partial charge in [0.1, 0.15) is 0 Å². The third-order valence-corrected chi connectivity index (χ3v) is 5.97. The zero-order valence-electron chi connectivity index (χ0n) is 16.6. The van der Waals surface area contributed by atoms with E-state index in [1.54, 1.807) is 24.5 Å². The highest BCUT2D eigenvalue weighted by atomic mass is 16.2. The molecule has 29 heavy (non-hydrogen) atoms. The molecule has 2 amide bonds.